The summed E-state index contributed by atoms with van der Waals surface area (Å²) >= 11 is 9.81. The number of benzene rings is 1. The molecule has 0 radical (unpaired) electrons. The van der Waals surface area contributed by atoms with Crippen molar-refractivity contribution < 1.29 is 0 Å². The summed E-state index contributed by atoms with van der Waals surface area (Å²) in [5, 5.41) is 4.48. The molecule has 0 bridgehead atoms. The van der Waals surface area contributed by atoms with Gasteiger partial charge in [-0.1, -0.05) is 34.5 Å². The minimum absolute atomic E-state index is 0.480. The van der Waals surface area contributed by atoms with Crippen molar-refractivity contribution in [2.45, 2.75) is 32.2 Å². The van der Waals surface area contributed by atoms with Gasteiger partial charge in [0.25, 0.3) is 0 Å². The van der Waals surface area contributed by atoms with Crippen LogP contribution >= 0.6 is 27.5 Å². The van der Waals surface area contributed by atoms with Crippen molar-refractivity contribution in [1.29, 1.82) is 0 Å². The fourth-order valence-electron chi connectivity index (χ4n) is 2.20. The van der Waals surface area contributed by atoms with E-state index in [4.69, 9.17) is 11.6 Å². The lowest BCUT2D eigenvalue weighted by molar-refractivity contribution is 0.528. The molecule has 1 aliphatic rings. The highest BCUT2D eigenvalue weighted by molar-refractivity contribution is 9.10. The quantitative estimate of drug-likeness (QED) is 0.883. The zero-order valence-corrected chi connectivity index (χ0v) is 11.2. The van der Waals surface area contributed by atoms with Crippen LogP contribution in [0.3, 0.4) is 0 Å². The van der Waals surface area contributed by atoms with Crippen LogP contribution in [0.1, 0.15) is 36.9 Å². The van der Waals surface area contributed by atoms with Crippen molar-refractivity contribution in [3.8, 4) is 0 Å². The Balaban J connectivity index is 2.28. The van der Waals surface area contributed by atoms with Crippen LogP contribution in [0.4, 0.5) is 0 Å². The summed E-state index contributed by atoms with van der Waals surface area (Å²) in [6.07, 6.45) is 3.43. The molecule has 0 saturated carbocycles. The molecule has 1 unspecified atom stereocenters. The van der Waals surface area contributed by atoms with E-state index in [2.05, 4.69) is 28.2 Å². The molecule has 82 valence electrons. The maximum absolute atomic E-state index is 6.19. The van der Waals surface area contributed by atoms with E-state index in [1.54, 1.807) is 0 Å². The number of halogens is 2. The summed E-state index contributed by atoms with van der Waals surface area (Å²) in [6.45, 7) is 3.26. The maximum atomic E-state index is 6.19. The molecule has 3 heteroatoms. The van der Waals surface area contributed by atoms with Gasteiger partial charge >= 0.3 is 0 Å². The van der Waals surface area contributed by atoms with Crippen molar-refractivity contribution in [3.63, 3.8) is 0 Å². The summed E-state index contributed by atoms with van der Waals surface area (Å²) < 4.78 is 1.19. The molecule has 0 aliphatic heterocycles. The van der Waals surface area contributed by atoms with E-state index in [0.29, 0.717) is 6.04 Å². The number of hydrogen-bond acceptors (Lipinski definition) is 1. The summed E-state index contributed by atoms with van der Waals surface area (Å²) in [6, 6.07) is 4.51. The smallest absolute Gasteiger partial charge is 0.0442 e. The first kappa shape index (κ1) is 11.4. The molecule has 0 aromatic heterocycles. The van der Waals surface area contributed by atoms with Gasteiger partial charge in [-0.25, -0.2) is 0 Å². The molecule has 1 aliphatic carbocycles. The van der Waals surface area contributed by atoms with Crippen LogP contribution in [0.2, 0.25) is 5.02 Å². The number of nitrogens with one attached hydrogen (secondary N) is 1. The van der Waals surface area contributed by atoms with Gasteiger partial charge in [-0.2, -0.15) is 0 Å². The molecule has 1 nitrogen and oxygen atoms in total. The molecule has 1 N–H and O–H groups in total. The molecular formula is C12H15BrClN. The standard InChI is InChI=1S/C12H15BrClN/c1-2-7-15-11-6-3-8-10(14)5-4-9(13)12(8)11/h4-5,11,15H,2-3,6-7H2,1H3. The van der Waals surface area contributed by atoms with E-state index in [9.17, 15) is 0 Å². The average Bonchev–Trinajstić information content (AvgIpc) is 2.65. The largest absolute Gasteiger partial charge is 0.310 e. The Morgan fingerprint density at radius 3 is 3.07 bits per heavy atom. The second kappa shape index (κ2) is 4.86. The lowest BCUT2D eigenvalue weighted by Gasteiger charge is -2.15. The summed E-state index contributed by atoms with van der Waals surface area (Å²) in [4.78, 5) is 0. The van der Waals surface area contributed by atoms with Crippen molar-refractivity contribution in [3.05, 3.63) is 32.8 Å². The zero-order chi connectivity index (χ0) is 10.8. The normalized spacial score (nSPS) is 19.3. The molecule has 0 amide bonds. The molecule has 2 rings (SSSR count). The summed E-state index contributed by atoms with van der Waals surface area (Å²) in [5.41, 5.74) is 2.69. The van der Waals surface area contributed by atoms with Crippen LogP contribution in [-0.4, -0.2) is 6.54 Å². The van der Waals surface area contributed by atoms with E-state index in [1.807, 2.05) is 12.1 Å². The van der Waals surface area contributed by atoms with E-state index in [1.165, 1.54) is 22.0 Å². The molecule has 0 fully saturated rings. The summed E-state index contributed by atoms with van der Waals surface area (Å²) in [5.74, 6) is 0. The zero-order valence-electron chi connectivity index (χ0n) is 8.82. The third-order valence-electron chi connectivity index (χ3n) is 2.92. The Kier molecular flexibility index (Phi) is 3.70. The highest BCUT2D eigenvalue weighted by Gasteiger charge is 2.25. The second-order valence-corrected chi connectivity index (χ2v) is 5.23. The maximum Gasteiger partial charge on any atom is 0.0442 e. The van der Waals surface area contributed by atoms with E-state index in [0.717, 1.165) is 24.4 Å². The number of fused-ring (bicyclic) bond motifs is 1. The van der Waals surface area contributed by atoms with Gasteiger partial charge in [0.1, 0.15) is 0 Å². The van der Waals surface area contributed by atoms with Gasteiger partial charge in [0.2, 0.25) is 0 Å². The molecule has 1 aromatic rings. The molecule has 0 saturated heterocycles. The highest BCUT2D eigenvalue weighted by atomic mass is 79.9. The van der Waals surface area contributed by atoms with E-state index in [-0.39, 0.29) is 0 Å². The first-order chi connectivity index (χ1) is 7.24. The van der Waals surface area contributed by atoms with Crippen LogP contribution in [0.25, 0.3) is 0 Å². The molecule has 1 atom stereocenters. The topological polar surface area (TPSA) is 12.0 Å². The molecule has 0 spiro atoms. The number of rotatable bonds is 3. The SMILES string of the molecule is CCCNC1CCc2c(Cl)ccc(Br)c21. The van der Waals surface area contributed by atoms with Gasteiger partial charge < -0.3 is 5.32 Å². The Labute approximate surface area is 104 Å². The van der Waals surface area contributed by atoms with Crippen LogP contribution in [-0.2, 0) is 6.42 Å². The molecular weight excluding hydrogens is 273 g/mol. The van der Waals surface area contributed by atoms with Crippen molar-refractivity contribution in [2.75, 3.05) is 6.54 Å². The minimum atomic E-state index is 0.480. The van der Waals surface area contributed by atoms with Gasteiger partial charge in [0.15, 0.2) is 0 Å². The third kappa shape index (κ3) is 2.22. The first-order valence-electron chi connectivity index (χ1n) is 5.44. The fourth-order valence-corrected chi connectivity index (χ4v) is 3.10. The average molecular weight is 289 g/mol. The van der Waals surface area contributed by atoms with Gasteiger partial charge in [0.05, 0.1) is 0 Å². The monoisotopic (exact) mass is 287 g/mol. The van der Waals surface area contributed by atoms with Gasteiger partial charge in [-0.15, -0.1) is 0 Å². The van der Waals surface area contributed by atoms with Crippen molar-refractivity contribution in [2.24, 2.45) is 0 Å². The van der Waals surface area contributed by atoms with E-state index < -0.39 is 0 Å². The first-order valence-corrected chi connectivity index (χ1v) is 6.61. The van der Waals surface area contributed by atoms with Crippen molar-refractivity contribution >= 4 is 27.5 Å². The third-order valence-corrected chi connectivity index (χ3v) is 3.96. The van der Waals surface area contributed by atoms with Gasteiger partial charge in [0, 0.05) is 15.5 Å². The lowest BCUT2D eigenvalue weighted by atomic mass is 10.1. The lowest BCUT2D eigenvalue weighted by Crippen LogP contribution is -2.20. The van der Waals surface area contributed by atoms with Crippen molar-refractivity contribution in [1.82, 2.24) is 5.32 Å². The Morgan fingerprint density at radius 2 is 2.33 bits per heavy atom. The Morgan fingerprint density at radius 1 is 1.53 bits per heavy atom. The van der Waals surface area contributed by atoms with Crippen LogP contribution in [0.5, 0.6) is 0 Å². The number of hydrogen-bond donors (Lipinski definition) is 1. The highest BCUT2D eigenvalue weighted by Crippen LogP contribution is 2.40. The summed E-state index contributed by atoms with van der Waals surface area (Å²) in [7, 11) is 0. The second-order valence-electron chi connectivity index (χ2n) is 3.97. The fraction of sp³-hybridized carbons (Fsp3) is 0.500. The predicted octanol–water partition coefficient (Wildman–Crippen LogP) is 4.09. The predicted molar refractivity (Wildman–Crippen MR) is 68.5 cm³/mol. The Bertz CT molecular complexity index is 365. The van der Waals surface area contributed by atoms with E-state index >= 15 is 0 Å². The molecule has 15 heavy (non-hydrogen) atoms. The van der Waals surface area contributed by atoms with Crippen LogP contribution in [0, 0.1) is 0 Å². The Hall–Kier alpha value is -0.0500. The molecule has 0 heterocycles. The minimum Gasteiger partial charge on any atom is -0.310 e. The molecule has 1 aromatic carbocycles. The van der Waals surface area contributed by atoms with Crippen LogP contribution in [0.15, 0.2) is 16.6 Å². The van der Waals surface area contributed by atoms with Gasteiger partial charge in [-0.3, -0.25) is 0 Å². The van der Waals surface area contributed by atoms with Crippen LogP contribution < -0.4 is 5.32 Å². The van der Waals surface area contributed by atoms with Gasteiger partial charge in [-0.05, 0) is 49.1 Å².